The molecule has 11 nitrogen and oxygen atoms in total. The van der Waals surface area contributed by atoms with Crippen LogP contribution in [0, 0.1) is 11.8 Å². The van der Waals surface area contributed by atoms with Crippen molar-refractivity contribution in [2.75, 3.05) is 35.0 Å². The van der Waals surface area contributed by atoms with Gasteiger partial charge in [-0.1, -0.05) is 43.6 Å². The van der Waals surface area contributed by atoms with Crippen molar-refractivity contribution < 1.29 is 52.3 Å². The van der Waals surface area contributed by atoms with Crippen LogP contribution >= 0.6 is 23.2 Å². The van der Waals surface area contributed by atoms with Crippen molar-refractivity contribution in [1.29, 1.82) is 0 Å². The Kier molecular flexibility index (Phi) is 8.97. The number of halogens is 2. The number of ketones is 3. The minimum absolute atomic E-state index is 0.0147. The molecular formula is C39H40Cl2O11. The van der Waals surface area contributed by atoms with E-state index in [1.165, 1.54) is 28.4 Å². The normalized spacial score (nSPS) is 28.2. The molecule has 52 heavy (non-hydrogen) atoms. The van der Waals surface area contributed by atoms with Gasteiger partial charge in [0.25, 0.3) is 0 Å². The lowest BCUT2D eigenvalue weighted by molar-refractivity contribution is -0.120. The summed E-state index contributed by atoms with van der Waals surface area (Å²) >= 11 is 12.9. The van der Waals surface area contributed by atoms with Crippen molar-refractivity contribution in [1.82, 2.24) is 0 Å². The van der Waals surface area contributed by atoms with Gasteiger partial charge in [-0.25, -0.2) is 0 Å². The van der Waals surface area contributed by atoms with Gasteiger partial charge in [-0.05, 0) is 31.8 Å². The Morgan fingerprint density at radius 2 is 1.21 bits per heavy atom. The zero-order valence-electron chi connectivity index (χ0n) is 30.1. The van der Waals surface area contributed by atoms with E-state index < -0.39 is 17.1 Å². The van der Waals surface area contributed by atoms with E-state index in [9.17, 15) is 14.4 Å². The van der Waals surface area contributed by atoms with E-state index in [1.54, 1.807) is 12.1 Å². The molecule has 0 amide bonds. The SMILES string of the molecule is C=C1CC(C)C2(Oc3c(Cl)c(OC)cc(OC)c3C2=O)C2=C1CC(C)O2.COc1cc(OC)c2c(c1Cl)OC1(C2=O)C2=C(CCCO2)C(=O)CC1C. The van der Waals surface area contributed by atoms with Crippen LogP contribution in [0.5, 0.6) is 34.5 Å². The van der Waals surface area contributed by atoms with Gasteiger partial charge in [0.05, 0.1) is 41.2 Å². The second-order valence-electron chi connectivity index (χ2n) is 13.9. The second kappa shape index (κ2) is 12.9. The number of allylic oxidation sites excluding steroid dienone is 2. The molecule has 2 aromatic carbocycles. The van der Waals surface area contributed by atoms with E-state index in [0.29, 0.717) is 70.9 Å². The third-order valence-corrected chi connectivity index (χ3v) is 11.6. The number of rotatable bonds is 4. The zero-order valence-corrected chi connectivity index (χ0v) is 31.6. The van der Waals surface area contributed by atoms with Crippen LogP contribution < -0.4 is 28.4 Å². The summed E-state index contributed by atoms with van der Waals surface area (Å²) in [5.74, 6) is 1.89. The van der Waals surface area contributed by atoms with Gasteiger partial charge in [0.1, 0.15) is 44.2 Å². The number of Topliss-reactive ketones (excluding diaryl/α,β-unsaturated/α-hetero) is 3. The maximum Gasteiger partial charge on any atom is 0.231 e. The van der Waals surface area contributed by atoms with E-state index in [-0.39, 0.29) is 57.2 Å². The molecule has 2 aromatic rings. The first-order chi connectivity index (χ1) is 24.8. The molecule has 4 aliphatic heterocycles. The van der Waals surface area contributed by atoms with Gasteiger partial charge in [-0.3, -0.25) is 14.4 Å². The number of hydrogen-bond donors (Lipinski definition) is 0. The molecule has 0 N–H and O–H groups in total. The quantitative estimate of drug-likeness (QED) is 0.305. The number of hydrogen-bond acceptors (Lipinski definition) is 11. The minimum atomic E-state index is -1.38. The molecule has 5 atom stereocenters. The lowest BCUT2D eigenvalue weighted by Gasteiger charge is -2.40. The fraction of sp³-hybridized carbons (Fsp3) is 0.462. The van der Waals surface area contributed by atoms with Gasteiger partial charge >= 0.3 is 0 Å². The van der Waals surface area contributed by atoms with Crippen molar-refractivity contribution in [2.45, 2.75) is 70.2 Å². The van der Waals surface area contributed by atoms with Crippen LogP contribution in [0.2, 0.25) is 10.0 Å². The second-order valence-corrected chi connectivity index (χ2v) is 14.6. The highest BCUT2D eigenvalue weighted by atomic mass is 35.5. The molecular weight excluding hydrogens is 715 g/mol. The molecule has 0 saturated carbocycles. The summed E-state index contributed by atoms with van der Waals surface area (Å²) in [6, 6.07) is 3.18. The van der Waals surface area contributed by atoms with Crippen molar-refractivity contribution in [2.24, 2.45) is 11.8 Å². The predicted molar refractivity (Wildman–Crippen MR) is 191 cm³/mol. The Bertz CT molecular complexity index is 2010. The van der Waals surface area contributed by atoms with Gasteiger partial charge in [0, 0.05) is 48.0 Å². The molecule has 2 spiro atoms. The molecule has 0 saturated heterocycles. The Hall–Kier alpha value is -4.35. The van der Waals surface area contributed by atoms with Crippen LogP contribution in [-0.2, 0) is 14.3 Å². The lowest BCUT2D eigenvalue weighted by atomic mass is 9.71. The van der Waals surface area contributed by atoms with Crippen molar-refractivity contribution in [3.63, 3.8) is 0 Å². The number of ether oxygens (including phenoxy) is 8. The maximum absolute atomic E-state index is 13.6. The molecule has 0 bridgehead atoms. The molecule has 5 unspecified atom stereocenters. The molecule has 0 fully saturated rings. The molecule has 6 aliphatic rings. The zero-order chi connectivity index (χ0) is 37.4. The van der Waals surface area contributed by atoms with Gasteiger partial charge in [0.15, 0.2) is 28.8 Å². The van der Waals surface area contributed by atoms with Gasteiger partial charge in [-0.2, -0.15) is 0 Å². The van der Waals surface area contributed by atoms with Crippen LogP contribution in [0.25, 0.3) is 0 Å². The Morgan fingerprint density at radius 1 is 0.712 bits per heavy atom. The molecule has 4 heterocycles. The smallest absolute Gasteiger partial charge is 0.231 e. The minimum Gasteiger partial charge on any atom is -0.496 e. The highest BCUT2D eigenvalue weighted by Gasteiger charge is 2.63. The predicted octanol–water partition coefficient (Wildman–Crippen LogP) is 7.67. The lowest BCUT2D eigenvalue weighted by Crippen LogP contribution is -2.53. The molecule has 0 radical (unpaired) electrons. The highest BCUT2D eigenvalue weighted by molar-refractivity contribution is 6.35. The maximum atomic E-state index is 13.6. The summed E-state index contributed by atoms with van der Waals surface area (Å²) in [5, 5.41) is 0.467. The van der Waals surface area contributed by atoms with Gasteiger partial charge in [0.2, 0.25) is 22.8 Å². The molecule has 0 aromatic heterocycles. The largest absolute Gasteiger partial charge is 0.496 e. The van der Waals surface area contributed by atoms with Crippen molar-refractivity contribution in [3.05, 3.63) is 68.1 Å². The van der Waals surface area contributed by atoms with E-state index in [1.807, 2.05) is 20.8 Å². The first-order valence-corrected chi connectivity index (χ1v) is 17.9. The van der Waals surface area contributed by atoms with E-state index >= 15 is 0 Å². The monoisotopic (exact) mass is 754 g/mol. The number of fused-ring (bicyclic) bond motifs is 4. The van der Waals surface area contributed by atoms with Crippen molar-refractivity contribution in [3.8, 4) is 34.5 Å². The summed E-state index contributed by atoms with van der Waals surface area (Å²) in [4.78, 5) is 39.6. The summed E-state index contributed by atoms with van der Waals surface area (Å²) < 4.78 is 45.8. The van der Waals surface area contributed by atoms with E-state index in [4.69, 9.17) is 61.1 Å². The number of carbonyl (C=O) groups is 3. The van der Waals surface area contributed by atoms with Crippen molar-refractivity contribution >= 4 is 40.6 Å². The average Bonchev–Trinajstić information content (AvgIpc) is 3.79. The van der Waals surface area contributed by atoms with Crippen LogP contribution in [0.15, 0.2) is 46.9 Å². The molecule has 8 rings (SSSR count). The summed E-state index contributed by atoms with van der Waals surface area (Å²) in [5.41, 5.74) is 0.539. The topological polar surface area (TPSA) is 125 Å². The average molecular weight is 756 g/mol. The third kappa shape index (κ3) is 4.87. The highest BCUT2D eigenvalue weighted by Crippen LogP contribution is 2.59. The fourth-order valence-corrected chi connectivity index (χ4v) is 8.84. The van der Waals surface area contributed by atoms with Crippen LogP contribution in [0.4, 0.5) is 0 Å². The molecule has 2 aliphatic carbocycles. The Labute approximate surface area is 311 Å². The standard InChI is InChI=1S/C20H21ClO5.C19H19ClO6/c1-9-6-10(2)20(19-12(9)7-11(3)25-19)18(22)15-13(23-4)8-14(24-5)16(21)17(15)26-20;1-9-7-11(21)10-5-4-6-25-18(10)19(9)17(22)14-12(23-2)8-13(24-3)15(20)16(14)26-19/h8,10-11H,1,6-7H2,2-5H3;8-9H,4-7H2,1-3H3. The van der Waals surface area contributed by atoms with Crippen LogP contribution in [0.1, 0.15) is 73.6 Å². The molecule has 13 heteroatoms. The first-order valence-electron chi connectivity index (χ1n) is 17.1. The van der Waals surface area contributed by atoms with Gasteiger partial charge < -0.3 is 37.9 Å². The Morgan fingerprint density at radius 3 is 1.73 bits per heavy atom. The van der Waals surface area contributed by atoms with Crippen LogP contribution in [-0.4, -0.2) is 69.7 Å². The fourth-order valence-electron chi connectivity index (χ4n) is 8.31. The molecule has 276 valence electrons. The van der Waals surface area contributed by atoms with Crippen LogP contribution in [0.3, 0.4) is 0 Å². The summed E-state index contributed by atoms with van der Waals surface area (Å²) in [7, 11) is 5.96. The number of methoxy groups -OCH3 is 4. The summed E-state index contributed by atoms with van der Waals surface area (Å²) in [6.45, 7) is 10.4. The Balaban J connectivity index is 0.000000162. The first kappa shape index (κ1) is 36.0. The van der Waals surface area contributed by atoms with E-state index in [0.717, 1.165) is 24.0 Å². The number of carbonyl (C=O) groups excluding carboxylic acids is 3. The third-order valence-electron chi connectivity index (χ3n) is 10.9. The summed E-state index contributed by atoms with van der Waals surface area (Å²) in [6.07, 6.45) is 2.91. The number of benzene rings is 2. The van der Waals surface area contributed by atoms with Gasteiger partial charge in [-0.15, -0.1) is 0 Å². The van der Waals surface area contributed by atoms with E-state index in [2.05, 4.69) is 6.58 Å².